The quantitative estimate of drug-likeness (QED) is 0.799. The topological polar surface area (TPSA) is 35.6 Å². The Labute approximate surface area is 125 Å². The molecule has 2 rings (SSSR count). The first-order valence-corrected chi connectivity index (χ1v) is 7.56. The van der Waals surface area contributed by atoms with Gasteiger partial charge in [0.2, 0.25) is 5.91 Å². The summed E-state index contributed by atoms with van der Waals surface area (Å²) in [6.07, 6.45) is 1.05. The molecule has 1 aliphatic heterocycles. The Bertz CT molecular complexity index is 459. The normalized spacial score (nSPS) is 16.9. The van der Waals surface area contributed by atoms with Gasteiger partial charge < -0.3 is 15.1 Å². The minimum absolute atomic E-state index is 0.112. The number of halogens is 1. The van der Waals surface area contributed by atoms with Crippen molar-refractivity contribution >= 4 is 5.91 Å². The van der Waals surface area contributed by atoms with E-state index >= 15 is 0 Å². The first kappa shape index (κ1) is 15.9. The van der Waals surface area contributed by atoms with Gasteiger partial charge in [-0.1, -0.05) is 18.2 Å². The maximum absolute atomic E-state index is 13.4. The van der Waals surface area contributed by atoms with Crippen LogP contribution < -0.4 is 5.32 Å². The number of hydrogen-bond donors (Lipinski definition) is 1. The van der Waals surface area contributed by atoms with Crippen LogP contribution in [0.2, 0.25) is 0 Å². The van der Waals surface area contributed by atoms with E-state index in [0.717, 1.165) is 39.1 Å². The molecule has 0 unspecified atom stereocenters. The monoisotopic (exact) mass is 293 g/mol. The molecule has 0 aliphatic carbocycles. The number of hydrogen-bond acceptors (Lipinski definition) is 3. The Kier molecular flexibility index (Phi) is 6.14. The Hall–Kier alpha value is -1.46. The summed E-state index contributed by atoms with van der Waals surface area (Å²) in [5, 5.41) is 2.86. The van der Waals surface area contributed by atoms with E-state index in [1.165, 1.54) is 6.07 Å². The summed E-state index contributed by atoms with van der Waals surface area (Å²) < 4.78 is 13.4. The number of amides is 1. The van der Waals surface area contributed by atoms with Crippen molar-refractivity contribution in [2.45, 2.75) is 12.8 Å². The van der Waals surface area contributed by atoms with Gasteiger partial charge in [0.05, 0.1) is 6.42 Å². The molecule has 116 valence electrons. The van der Waals surface area contributed by atoms with Crippen molar-refractivity contribution in [3.05, 3.63) is 35.6 Å². The van der Waals surface area contributed by atoms with Crippen LogP contribution >= 0.6 is 0 Å². The second-order valence-corrected chi connectivity index (χ2v) is 5.62. The molecule has 0 bridgehead atoms. The van der Waals surface area contributed by atoms with Gasteiger partial charge in [-0.05, 0) is 31.6 Å². The van der Waals surface area contributed by atoms with E-state index in [2.05, 4.69) is 22.2 Å². The summed E-state index contributed by atoms with van der Waals surface area (Å²) >= 11 is 0. The minimum atomic E-state index is -0.315. The zero-order valence-electron chi connectivity index (χ0n) is 12.6. The van der Waals surface area contributed by atoms with Gasteiger partial charge in [0.15, 0.2) is 0 Å². The summed E-state index contributed by atoms with van der Waals surface area (Å²) in [7, 11) is 2.14. The summed E-state index contributed by atoms with van der Waals surface area (Å²) in [5.74, 6) is -0.427. The number of piperazine rings is 1. The fraction of sp³-hybridized carbons (Fsp3) is 0.562. The number of carbonyl (C=O) groups excluding carboxylic acids is 1. The van der Waals surface area contributed by atoms with Crippen LogP contribution in [-0.4, -0.2) is 62.0 Å². The van der Waals surface area contributed by atoms with Gasteiger partial charge >= 0.3 is 0 Å². The molecule has 1 saturated heterocycles. The van der Waals surface area contributed by atoms with Crippen molar-refractivity contribution in [2.24, 2.45) is 0 Å². The van der Waals surface area contributed by atoms with Crippen molar-refractivity contribution in [3.8, 4) is 0 Å². The van der Waals surface area contributed by atoms with Crippen LogP contribution in [-0.2, 0) is 11.2 Å². The summed E-state index contributed by atoms with van der Waals surface area (Å²) in [4.78, 5) is 16.5. The average Bonchev–Trinajstić information content (AvgIpc) is 2.48. The Morgan fingerprint density at radius 1 is 1.24 bits per heavy atom. The highest BCUT2D eigenvalue weighted by Gasteiger charge is 2.13. The van der Waals surface area contributed by atoms with E-state index in [9.17, 15) is 9.18 Å². The highest BCUT2D eigenvalue weighted by Crippen LogP contribution is 2.06. The van der Waals surface area contributed by atoms with Crippen LogP contribution in [0.4, 0.5) is 4.39 Å². The number of likely N-dealkylation sites (N-methyl/N-ethyl adjacent to an activating group) is 1. The maximum atomic E-state index is 13.4. The highest BCUT2D eigenvalue weighted by atomic mass is 19.1. The second kappa shape index (κ2) is 8.10. The number of carbonyl (C=O) groups is 1. The van der Waals surface area contributed by atoms with Crippen LogP contribution in [0.5, 0.6) is 0 Å². The molecule has 0 saturated carbocycles. The number of nitrogens with one attached hydrogen (secondary N) is 1. The minimum Gasteiger partial charge on any atom is -0.356 e. The lowest BCUT2D eigenvalue weighted by Crippen LogP contribution is -2.45. The second-order valence-electron chi connectivity index (χ2n) is 5.62. The van der Waals surface area contributed by atoms with Gasteiger partial charge in [-0.15, -0.1) is 0 Å². The van der Waals surface area contributed by atoms with E-state index in [4.69, 9.17) is 0 Å². The van der Waals surface area contributed by atoms with Gasteiger partial charge in [0.25, 0.3) is 0 Å². The van der Waals surface area contributed by atoms with Crippen LogP contribution in [0.3, 0.4) is 0 Å². The van der Waals surface area contributed by atoms with Crippen molar-refractivity contribution in [1.29, 1.82) is 0 Å². The van der Waals surface area contributed by atoms with Crippen LogP contribution in [0.25, 0.3) is 0 Å². The number of rotatable bonds is 6. The first-order valence-electron chi connectivity index (χ1n) is 7.56. The zero-order chi connectivity index (χ0) is 15.1. The third-order valence-electron chi connectivity index (χ3n) is 3.88. The first-order chi connectivity index (χ1) is 10.1. The zero-order valence-corrected chi connectivity index (χ0v) is 12.6. The summed E-state index contributed by atoms with van der Waals surface area (Å²) in [5.41, 5.74) is 0.453. The van der Waals surface area contributed by atoms with Crippen molar-refractivity contribution < 1.29 is 9.18 Å². The van der Waals surface area contributed by atoms with Crippen molar-refractivity contribution in [1.82, 2.24) is 15.1 Å². The molecule has 0 aromatic heterocycles. The van der Waals surface area contributed by atoms with Gasteiger partial charge in [-0.25, -0.2) is 4.39 Å². The molecule has 1 heterocycles. The molecule has 1 amide bonds. The molecule has 1 N–H and O–H groups in total. The SMILES string of the molecule is CN1CCN(CCCNC(=O)Cc2ccccc2F)CC1. The molecule has 0 radical (unpaired) electrons. The smallest absolute Gasteiger partial charge is 0.224 e. The van der Waals surface area contributed by atoms with Gasteiger partial charge in [-0.2, -0.15) is 0 Å². The fourth-order valence-electron chi connectivity index (χ4n) is 2.48. The van der Waals surface area contributed by atoms with E-state index in [-0.39, 0.29) is 18.1 Å². The number of benzene rings is 1. The van der Waals surface area contributed by atoms with Crippen LogP contribution in [0.1, 0.15) is 12.0 Å². The Balaban J connectivity index is 1.60. The Morgan fingerprint density at radius 3 is 2.67 bits per heavy atom. The highest BCUT2D eigenvalue weighted by molar-refractivity contribution is 5.78. The lowest BCUT2D eigenvalue weighted by Gasteiger charge is -2.32. The van der Waals surface area contributed by atoms with E-state index in [1.807, 2.05) is 0 Å². The van der Waals surface area contributed by atoms with E-state index in [0.29, 0.717) is 12.1 Å². The third-order valence-corrected chi connectivity index (χ3v) is 3.88. The van der Waals surface area contributed by atoms with E-state index in [1.54, 1.807) is 18.2 Å². The van der Waals surface area contributed by atoms with Crippen LogP contribution in [0, 0.1) is 5.82 Å². The number of nitrogens with zero attached hydrogens (tertiary/aromatic N) is 2. The lowest BCUT2D eigenvalue weighted by molar-refractivity contribution is -0.120. The van der Waals surface area contributed by atoms with Crippen LogP contribution in [0.15, 0.2) is 24.3 Å². The molecule has 1 aromatic rings. The third kappa shape index (κ3) is 5.44. The largest absolute Gasteiger partial charge is 0.356 e. The van der Waals surface area contributed by atoms with Gasteiger partial charge in [-0.3, -0.25) is 4.79 Å². The van der Waals surface area contributed by atoms with Gasteiger partial charge in [0.1, 0.15) is 5.82 Å². The molecular weight excluding hydrogens is 269 g/mol. The Morgan fingerprint density at radius 2 is 1.95 bits per heavy atom. The van der Waals surface area contributed by atoms with E-state index < -0.39 is 0 Å². The summed E-state index contributed by atoms with van der Waals surface area (Å²) in [6.45, 7) is 6.08. The lowest BCUT2D eigenvalue weighted by atomic mass is 10.1. The maximum Gasteiger partial charge on any atom is 0.224 e. The van der Waals surface area contributed by atoms with Crippen molar-refractivity contribution in [3.63, 3.8) is 0 Å². The predicted molar refractivity (Wildman–Crippen MR) is 81.7 cm³/mol. The van der Waals surface area contributed by atoms with Gasteiger partial charge in [0, 0.05) is 32.7 Å². The molecule has 1 aromatic carbocycles. The molecule has 5 heteroatoms. The molecule has 1 fully saturated rings. The molecule has 0 atom stereocenters. The fourth-order valence-corrected chi connectivity index (χ4v) is 2.48. The molecule has 21 heavy (non-hydrogen) atoms. The molecule has 4 nitrogen and oxygen atoms in total. The molecule has 1 aliphatic rings. The standard InChI is InChI=1S/C16H24FN3O/c1-19-9-11-20(12-10-19)8-4-7-18-16(21)13-14-5-2-3-6-15(14)17/h2-3,5-6H,4,7-13H2,1H3,(H,18,21). The van der Waals surface area contributed by atoms with Crippen molar-refractivity contribution in [2.75, 3.05) is 46.3 Å². The molecular formula is C16H24FN3O. The average molecular weight is 293 g/mol. The predicted octanol–water partition coefficient (Wildman–Crippen LogP) is 1.12. The molecule has 0 spiro atoms. The summed E-state index contributed by atoms with van der Waals surface area (Å²) in [6, 6.07) is 6.42.